The molecule has 35 heavy (non-hydrogen) atoms. The second-order valence-electron chi connectivity index (χ2n) is 7.62. The summed E-state index contributed by atoms with van der Waals surface area (Å²) in [4.78, 5) is 30.6. The van der Waals surface area contributed by atoms with E-state index >= 15 is 0 Å². The Morgan fingerprint density at radius 3 is 2.43 bits per heavy atom. The highest BCUT2D eigenvalue weighted by molar-refractivity contribution is 6.12. The number of nitrogens with two attached hydrogens (primary N) is 1. The maximum Gasteiger partial charge on any atom is 0.362 e. The molecule has 5 rings (SSSR count). The summed E-state index contributed by atoms with van der Waals surface area (Å²) in [5.74, 6) is -0.360. The van der Waals surface area contributed by atoms with E-state index in [1.807, 2.05) is 6.07 Å². The van der Waals surface area contributed by atoms with E-state index < -0.39 is 17.5 Å². The number of para-hydroxylation sites is 2. The van der Waals surface area contributed by atoms with Crippen molar-refractivity contribution < 1.29 is 27.8 Å². The molecule has 2 aromatic heterocycles. The number of fused-ring (bicyclic) bond motifs is 3. The standard InChI is InChI=1S/C25H21N3O7/c1-31-16-10-6-4-8-13(16)12-15-23(29)34-21-19(24(30)33-3)18(14-9-5-7-11-17(14)32-2)20-22(28(15)21)35-25(26)27-20/h4-12,18H,1-3H3,(H2,26,27)/b15-12+/t18-/m1/s1. The summed E-state index contributed by atoms with van der Waals surface area (Å²) >= 11 is 0. The van der Waals surface area contributed by atoms with Crippen LogP contribution >= 0.6 is 0 Å². The van der Waals surface area contributed by atoms with Gasteiger partial charge in [0.1, 0.15) is 28.1 Å². The maximum atomic E-state index is 13.1. The minimum absolute atomic E-state index is 0.0505. The van der Waals surface area contributed by atoms with E-state index in [0.29, 0.717) is 28.3 Å². The molecule has 1 aliphatic rings. The van der Waals surface area contributed by atoms with Crippen LogP contribution in [0.5, 0.6) is 11.5 Å². The number of carbonyl (C=O) groups excluding carboxylic acids is 1. The molecular formula is C25H21N3O7. The SMILES string of the molecule is COC(=O)C1=c2oc(=O)/c(=C\c3ccccc3OC)n2-c2oc(N)nc2[C@@H]1c1ccccc1OC. The summed E-state index contributed by atoms with van der Waals surface area (Å²) in [5, 5.41) is 0.0850. The zero-order valence-electron chi connectivity index (χ0n) is 19.1. The van der Waals surface area contributed by atoms with Crippen molar-refractivity contribution >= 4 is 23.6 Å². The molecule has 1 aliphatic heterocycles. The number of benzene rings is 2. The molecule has 0 saturated carbocycles. The molecule has 0 saturated heterocycles. The minimum Gasteiger partial charge on any atom is -0.496 e. The van der Waals surface area contributed by atoms with Gasteiger partial charge in [0, 0.05) is 11.1 Å². The first kappa shape index (κ1) is 22.1. The number of aromatic nitrogens is 2. The summed E-state index contributed by atoms with van der Waals surface area (Å²) in [6.45, 7) is 0. The van der Waals surface area contributed by atoms with Gasteiger partial charge in [0.25, 0.3) is 6.01 Å². The third kappa shape index (κ3) is 3.46. The van der Waals surface area contributed by atoms with Gasteiger partial charge < -0.3 is 28.8 Å². The van der Waals surface area contributed by atoms with Gasteiger partial charge in [-0.05, 0) is 18.2 Å². The molecule has 0 bridgehead atoms. The third-order valence-corrected chi connectivity index (χ3v) is 5.78. The highest BCUT2D eigenvalue weighted by atomic mass is 16.5. The Kier molecular flexibility index (Phi) is 5.40. The average Bonchev–Trinajstić information content (AvgIpc) is 3.41. The van der Waals surface area contributed by atoms with Crippen LogP contribution in [0.25, 0.3) is 17.5 Å². The predicted molar refractivity (Wildman–Crippen MR) is 125 cm³/mol. The normalized spacial score (nSPS) is 14.9. The van der Waals surface area contributed by atoms with Crippen molar-refractivity contribution in [1.29, 1.82) is 0 Å². The van der Waals surface area contributed by atoms with E-state index in [1.54, 1.807) is 48.5 Å². The Balaban J connectivity index is 1.93. The number of methoxy groups -OCH3 is 3. The number of oxazole rings is 2. The molecule has 0 radical (unpaired) electrons. The van der Waals surface area contributed by atoms with Crippen LogP contribution in [0.1, 0.15) is 22.7 Å². The van der Waals surface area contributed by atoms with Gasteiger partial charge in [0.05, 0.1) is 27.2 Å². The smallest absolute Gasteiger partial charge is 0.362 e. The quantitative estimate of drug-likeness (QED) is 0.424. The number of hydrogen-bond donors (Lipinski definition) is 1. The summed E-state index contributed by atoms with van der Waals surface area (Å²) in [6, 6.07) is 14.1. The van der Waals surface area contributed by atoms with Gasteiger partial charge in [-0.15, -0.1) is 0 Å². The lowest BCUT2D eigenvalue weighted by molar-refractivity contribution is -0.134. The fourth-order valence-electron chi connectivity index (χ4n) is 4.29. The largest absolute Gasteiger partial charge is 0.496 e. The van der Waals surface area contributed by atoms with Crippen LogP contribution < -0.4 is 31.7 Å². The minimum atomic E-state index is -0.834. The van der Waals surface area contributed by atoms with Crippen molar-refractivity contribution in [2.75, 3.05) is 27.1 Å². The van der Waals surface area contributed by atoms with Crippen LogP contribution in [-0.2, 0) is 9.53 Å². The first-order valence-corrected chi connectivity index (χ1v) is 10.6. The van der Waals surface area contributed by atoms with Gasteiger partial charge in [-0.3, -0.25) is 0 Å². The summed E-state index contributed by atoms with van der Waals surface area (Å²) < 4.78 is 28.8. The Labute approximate surface area is 198 Å². The molecular weight excluding hydrogens is 454 g/mol. The van der Waals surface area contributed by atoms with E-state index in [2.05, 4.69) is 4.98 Å². The lowest BCUT2D eigenvalue weighted by Gasteiger charge is -2.23. The number of nitrogen functional groups attached to an aromatic ring is 1. The Morgan fingerprint density at radius 1 is 1.03 bits per heavy atom. The number of hydrogen-bond acceptors (Lipinski definition) is 9. The molecule has 10 nitrogen and oxygen atoms in total. The molecule has 1 atom stereocenters. The van der Waals surface area contributed by atoms with E-state index in [9.17, 15) is 9.59 Å². The van der Waals surface area contributed by atoms with E-state index in [1.165, 1.54) is 25.9 Å². The highest BCUT2D eigenvalue weighted by Crippen LogP contribution is 2.41. The van der Waals surface area contributed by atoms with Crippen LogP contribution in [0, 0.1) is 0 Å². The predicted octanol–water partition coefficient (Wildman–Crippen LogP) is 1.32. The Morgan fingerprint density at radius 2 is 1.71 bits per heavy atom. The van der Waals surface area contributed by atoms with E-state index in [-0.39, 0.29) is 28.4 Å². The Bertz CT molecular complexity index is 1630. The molecule has 2 N–H and O–H groups in total. The first-order valence-electron chi connectivity index (χ1n) is 10.6. The topological polar surface area (TPSA) is 132 Å². The number of esters is 1. The molecule has 178 valence electrons. The third-order valence-electron chi connectivity index (χ3n) is 5.78. The van der Waals surface area contributed by atoms with Crippen molar-refractivity contribution in [3.8, 4) is 17.4 Å². The second-order valence-corrected chi connectivity index (χ2v) is 7.62. The van der Waals surface area contributed by atoms with E-state index in [4.69, 9.17) is 28.8 Å². The van der Waals surface area contributed by atoms with Gasteiger partial charge in [-0.2, -0.15) is 4.98 Å². The maximum absolute atomic E-state index is 13.1. The fraction of sp³-hybridized carbons (Fsp3) is 0.160. The summed E-state index contributed by atoms with van der Waals surface area (Å²) in [7, 11) is 4.29. The first-order chi connectivity index (χ1) is 17.0. The fourth-order valence-corrected chi connectivity index (χ4v) is 4.29. The second kappa shape index (κ2) is 8.56. The lowest BCUT2D eigenvalue weighted by Crippen LogP contribution is -2.37. The number of ether oxygens (including phenoxy) is 3. The zero-order chi connectivity index (χ0) is 24.7. The van der Waals surface area contributed by atoms with Gasteiger partial charge in [0.15, 0.2) is 0 Å². The monoisotopic (exact) mass is 475 g/mol. The van der Waals surface area contributed by atoms with E-state index in [0.717, 1.165) is 0 Å². The van der Waals surface area contributed by atoms with Crippen LogP contribution in [0.2, 0.25) is 0 Å². The number of anilines is 1. The summed E-state index contributed by atoms with van der Waals surface area (Å²) in [5.41, 5.74) is 6.76. The molecule has 10 heteroatoms. The van der Waals surface area contributed by atoms with Crippen molar-refractivity contribution in [2.24, 2.45) is 0 Å². The zero-order valence-corrected chi connectivity index (χ0v) is 19.1. The number of nitrogens with zero attached hydrogens (tertiary/aromatic N) is 2. The molecule has 0 aliphatic carbocycles. The molecule has 0 amide bonds. The van der Waals surface area contributed by atoms with Crippen LogP contribution in [0.15, 0.2) is 62.2 Å². The van der Waals surface area contributed by atoms with Gasteiger partial charge in [-0.1, -0.05) is 36.4 Å². The van der Waals surface area contributed by atoms with Gasteiger partial charge in [0.2, 0.25) is 11.4 Å². The molecule has 0 unspecified atom stereocenters. The Hall–Kier alpha value is -4.73. The van der Waals surface area contributed by atoms with Gasteiger partial charge >= 0.3 is 11.6 Å². The number of rotatable bonds is 5. The van der Waals surface area contributed by atoms with Crippen molar-refractivity contribution in [3.05, 3.63) is 86.7 Å². The van der Waals surface area contributed by atoms with Crippen molar-refractivity contribution in [1.82, 2.24) is 9.55 Å². The number of carbonyl (C=O) groups is 1. The molecule has 4 aromatic rings. The highest BCUT2D eigenvalue weighted by Gasteiger charge is 2.40. The molecule has 0 spiro atoms. The van der Waals surface area contributed by atoms with Gasteiger partial charge in [-0.25, -0.2) is 14.2 Å². The van der Waals surface area contributed by atoms with Crippen LogP contribution in [0.4, 0.5) is 6.01 Å². The average molecular weight is 475 g/mol. The van der Waals surface area contributed by atoms with Crippen molar-refractivity contribution in [3.63, 3.8) is 0 Å². The molecule has 2 aromatic carbocycles. The van der Waals surface area contributed by atoms with Crippen LogP contribution in [0.3, 0.4) is 0 Å². The van der Waals surface area contributed by atoms with Crippen LogP contribution in [-0.4, -0.2) is 36.8 Å². The lowest BCUT2D eigenvalue weighted by atomic mass is 9.86. The molecule has 0 fully saturated rings. The summed E-state index contributed by atoms with van der Waals surface area (Å²) in [6.07, 6.45) is 1.58. The van der Waals surface area contributed by atoms with Crippen molar-refractivity contribution in [2.45, 2.75) is 5.92 Å². The molecule has 3 heterocycles.